The lowest BCUT2D eigenvalue weighted by Gasteiger charge is -2.18. The van der Waals surface area contributed by atoms with Crippen molar-refractivity contribution in [3.63, 3.8) is 0 Å². The monoisotopic (exact) mass is 394 g/mol. The van der Waals surface area contributed by atoms with Crippen LogP contribution in [0, 0.1) is 6.92 Å². The first-order chi connectivity index (χ1) is 13.4. The summed E-state index contributed by atoms with van der Waals surface area (Å²) in [4.78, 5) is 20.2. The second-order valence-electron chi connectivity index (χ2n) is 7.17. The Hall–Kier alpha value is -2.53. The Morgan fingerprint density at radius 1 is 1.21 bits per heavy atom. The van der Waals surface area contributed by atoms with Crippen LogP contribution in [0.15, 0.2) is 52.4 Å². The standard InChI is InChI=1S/C23H26N2O2S/c1-5-12-24-23-25(19-9-7-6-8-16(19)4)22(27)21(28-23)14-17-10-11-20(26)18(13-17)15(2)3/h6-11,13-15,26H,5,12H2,1-4H3/b21-14-,24-23?. The van der Waals surface area contributed by atoms with E-state index in [1.165, 1.54) is 11.8 Å². The summed E-state index contributed by atoms with van der Waals surface area (Å²) < 4.78 is 0. The molecule has 2 aromatic rings. The van der Waals surface area contributed by atoms with Crippen LogP contribution in [0.5, 0.6) is 5.75 Å². The Kier molecular flexibility index (Phi) is 6.25. The normalized spacial score (nSPS) is 17.3. The molecule has 0 aliphatic carbocycles. The molecule has 1 amide bonds. The van der Waals surface area contributed by atoms with Crippen molar-refractivity contribution in [2.45, 2.75) is 40.0 Å². The van der Waals surface area contributed by atoms with Gasteiger partial charge in [-0.2, -0.15) is 0 Å². The number of amidine groups is 1. The van der Waals surface area contributed by atoms with Crippen molar-refractivity contribution in [2.24, 2.45) is 4.99 Å². The number of hydrogen-bond donors (Lipinski definition) is 1. The van der Waals surface area contributed by atoms with E-state index in [0.717, 1.165) is 34.0 Å². The van der Waals surface area contributed by atoms with Crippen molar-refractivity contribution in [3.05, 3.63) is 64.1 Å². The molecular weight excluding hydrogens is 368 g/mol. The number of para-hydroxylation sites is 1. The average molecular weight is 395 g/mol. The fourth-order valence-corrected chi connectivity index (χ4v) is 4.09. The van der Waals surface area contributed by atoms with Crippen molar-refractivity contribution >= 4 is 34.6 Å². The van der Waals surface area contributed by atoms with Crippen molar-refractivity contribution in [1.29, 1.82) is 0 Å². The number of benzene rings is 2. The van der Waals surface area contributed by atoms with Gasteiger partial charge in [0.1, 0.15) is 5.75 Å². The van der Waals surface area contributed by atoms with Gasteiger partial charge in [0.25, 0.3) is 5.91 Å². The Balaban J connectivity index is 2.02. The first kappa shape index (κ1) is 20.2. The smallest absolute Gasteiger partial charge is 0.271 e. The molecule has 0 spiro atoms. The fraction of sp³-hybridized carbons (Fsp3) is 0.304. The third kappa shape index (κ3) is 4.14. The molecule has 5 heteroatoms. The number of aliphatic imine (C=N–C) groups is 1. The molecule has 2 aromatic carbocycles. The quantitative estimate of drug-likeness (QED) is 0.661. The van der Waals surface area contributed by atoms with Gasteiger partial charge in [-0.3, -0.25) is 14.7 Å². The van der Waals surface area contributed by atoms with Crippen LogP contribution in [-0.2, 0) is 4.79 Å². The minimum absolute atomic E-state index is 0.0617. The zero-order valence-corrected chi connectivity index (χ0v) is 17.6. The van der Waals surface area contributed by atoms with E-state index in [-0.39, 0.29) is 17.6 Å². The number of anilines is 1. The highest BCUT2D eigenvalue weighted by Gasteiger charge is 2.35. The molecule has 0 bridgehead atoms. The van der Waals surface area contributed by atoms with Gasteiger partial charge in [0.05, 0.1) is 10.6 Å². The van der Waals surface area contributed by atoms with Gasteiger partial charge < -0.3 is 5.11 Å². The van der Waals surface area contributed by atoms with Crippen LogP contribution >= 0.6 is 11.8 Å². The number of nitrogens with zero attached hydrogens (tertiary/aromatic N) is 2. The molecule has 1 aliphatic rings. The average Bonchev–Trinajstić information content (AvgIpc) is 2.97. The Morgan fingerprint density at radius 3 is 2.64 bits per heavy atom. The zero-order valence-electron chi connectivity index (χ0n) is 16.8. The topological polar surface area (TPSA) is 52.9 Å². The van der Waals surface area contributed by atoms with Gasteiger partial charge in [-0.15, -0.1) is 0 Å². The van der Waals surface area contributed by atoms with E-state index in [9.17, 15) is 9.90 Å². The molecule has 0 atom stereocenters. The Morgan fingerprint density at radius 2 is 1.96 bits per heavy atom. The molecule has 4 nitrogen and oxygen atoms in total. The largest absolute Gasteiger partial charge is 0.508 e. The molecule has 1 aliphatic heterocycles. The first-order valence-corrected chi connectivity index (χ1v) is 10.4. The maximum absolute atomic E-state index is 13.2. The van der Waals surface area contributed by atoms with Crippen LogP contribution in [0.4, 0.5) is 5.69 Å². The number of thioether (sulfide) groups is 1. The van der Waals surface area contributed by atoms with Gasteiger partial charge in [-0.05, 0) is 72.0 Å². The summed E-state index contributed by atoms with van der Waals surface area (Å²) in [5.74, 6) is 0.429. The van der Waals surface area contributed by atoms with Crippen molar-refractivity contribution < 1.29 is 9.90 Å². The van der Waals surface area contributed by atoms with E-state index in [4.69, 9.17) is 0 Å². The van der Waals surface area contributed by atoms with Crippen LogP contribution < -0.4 is 4.90 Å². The van der Waals surface area contributed by atoms with Crippen molar-refractivity contribution in [2.75, 3.05) is 11.4 Å². The number of aryl methyl sites for hydroxylation is 1. The molecule has 1 heterocycles. The minimum Gasteiger partial charge on any atom is -0.508 e. The third-order valence-electron chi connectivity index (χ3n) is 4.60. The third-order valence-corrected chi connectivity index (χ3v) is 5.61. The highest BCUT2D eigenvalue weighted by molar-refractivity contribution is 8.19. The van der Waals surface area contributed by atoms with E-state index in [0.29, 0.717) is 11.4 Å². The summed E-state index contributed by atoms with van der Waals surface area (Å²) in [6.45, 7) is 8.83. The molecular formula is C23H26N2O2S. The number of hydrogen-bond acceptors (Lipinski definition) is 4. The number of rotatable bonds is 5. The van der Waals surface area contributed by atoms with Crippen LogP contribution in [0.2, 0.25) is 0 Å². The molecule has 1 N–H and O–H groups in total. The van der Waals surface area contributed by atoms with Gasteiger partial charge in [0, 0.05) is 6.54 Å². The maximum Gasteiger partial charge on any atom is 0.271 e. The highest BCUT2D eigenvalue weighted by Crippen LogP contribution is 2.38. The summed E-state index contributed by atoms with van der Waals surface area (Å²) in [6.07, 6.45) is 2.81. The molecule has 0 saturated carbocycles. The molecule has 28 heavy (non-hydrogen) atoms. The Bertz CT molecular complexity index is 947. The predicted molar refractivity (Wildman–Crippen MR) is 119 cm³/mol. The Labute approximate surface area is 171 Å². The fourth-order valence-electron chi connectivity index (χ4n) is 3.09. The molecule has 146 valence electrons. The van der Waals surface area contributed by atoms with Crippen molar-refractivity contribution in [3.8, 4) is 5.75 Å². The van der Waals surface area contributed by atoms with Crippen LogP contribution in [-0.4, -0.2) is 22.7 Å². The number of carbonyl (C=O) groups excluding carboxylic acids is 1. The van der Waals surface area contributed by atoms with Crippen LogP contribution in [0.25, 0.3) is 6.08 Å². The van der Waals surface area contributed by atoms with Crippen LogP contribution in [0.3, 0.4) is 0 Å². The lowest BCUT2D eigenvalue weighted by atomic mass is 9.99. The summed E-state index contributed by atoms with van der Waals surface area (Å²) >= 11 is 1.41. The SMILES string of the molecule is CCCN=C1S/C(=C\c2ccc(O)c(C(C)C)c2)C(=O)N1c1ccccc1C. The summed E-state index contributed by atoms with van der Waals surface area (Å²) in [7, 11) is 0. The van der Waals surface area contributed by atoms with Crippen LogP contribution in [0.1, 0.15) is 49.8 Å². The number of amides is 1. The second-order valence-corrected chi connectivity index (χ2v) is 8.18. The predicted octanol–water partition coefficient (Wildman–Crippen LogP) is 5.71. The summed E-state index contributed by atoms with van der Waals surface area (Å²) in [6, 6.07) is 13.3. The molecule has 1 fully saturated rings. The summed E-state index contributed by atoms with van der Waals surface area (Å²) in [5, 5.41) is 10.8. The van der Waals surface area contributed by atoms with Crippen molar-refractivity contribution in [1.82, 2.24) is 0 Å². The maximum atomic E-state index is 13.2. The minimum atomic E-state index is -0.0617. The lowest BCUT2D eigenvalue weighted by Crippen LogP contribution is -2.29. The van der Waals surface area contributed by atoms with Gasteiger partial charge in [0.2, 0.25) is 0 Å². The van der Waals surface area contributed by atoms with E-state index >= 15 is 0 Å². The zero-order chi connectivity index (χ0) is 20.3. The van der Waals surface area contributed by atoms with E-state index < -0.39 is 0 Å². The first-order valence-electron chi connectivity index (χ1n) is 9.59. The number of carbonyl (C=O) groups is 1. The van der Waals surface area contributed by atoms with Gasteiger partial charge in [0.15, 0.2) is 5.17 Å². The molecule has 0 radical (unpaired) electrons. The molecule has 0 aromatic heterocycles. The lowest BCUT2D eigenvalue weighted by molar-refractivity contribution is -0.113. The van der Waals surface area contributed by atoms with Gasteiger partial charge in [-0.1, -0.05) is 45.0 Å². The number of phenolic OH excluding ortho intramolecular Hbond substituents is 1. The summed E-state index contributed by atoms with van der Waals surface area (Å²) in [5.41, 5.74) is 3.68. The second kappa shape index (κ2) is 8.65. The van der Waals surface area contributed by atoms with Gasteiger partial charge in [-0.25, -0.2) is 0 Å². The number of phenols is 1. The van der Waals surface area contributed by atoms with E-state index in [1.54, 1.807) is 11.0 Å². The molecule has 1 saturated heterocycles. The van der Waals surface area contributed by atoms with Gasteiger partial charge >= 0.3 is 0 Å². The highest BCUT2D eigenvalue weighted by atomic mass is 32.2. The van der Waals surface area contributed by atoms with E-state index in [2.05, 4.69) is 11.9 Å². The number of aromatic hydroxyl groups is 1. The molecule has 0 unspecified atom stereocenters. The molecule has 3 rings (SSSR count). The van der Waals surface area contributed by atoms with E-state index in [1.807, 2.05) is 63.2 Å².